The number of nitrogens with one attached hydrogen (secondary N) is 3. The van der Waals surface area contributed by atoms with Crippen molar-refractivity contribution in [3.63, 3.8) is 0 Å². The number of ether oxygens (including phenoxy) is 1. The van der Waals surface area contributed by atoms with Gasteiger partial charge in [-0.05, 0) is 42.2 Å². The van der Waals surface area contributed by atoms with Gasteiger partial charge in [-0.25, -0.2) is 9.59 Å². The van der Waals surface area contributed by atoms with Gasteiger partial charge >= 0.3 is 12.1 Å². The molecule has 0 saturated heterocycles. The quantitative estimate of drug-likeness (QED) is 0.328. The van der Waals surface area contributed by atoms with Crippen LogP contribution in [0.3, 0.4) is 0 Å². The number of rotatable bonds is 6. The van der Waals surface area contributed by atoms with Gasteiger partial charge in [0.25, 0.3) is 0 Å². The van der Waals surface area contributed by atoms with Crippen LogP contribution in [0.4, 0.5) is 32.3 Å². The Kier molecular flexibility index (Phi) is 7.34. The Morgan fingerprint density at radius 3 is 2.56 bits per heavy atom. The molecule has 0 unspecified atom stereocenters. The SMILES string of the molecule is CNC(=O)N1CCCc2cccc(NN=Nc3ccccc3NC(=O)OCc3ccccc3)c21. The predicted molar refractivity (Wildman–Crippen MR) is 131 cm³/mol. The van der Waals surface area contributed by atoms with Crippen molar-refractivity contribution in [2.24, 2.45) is 10.3 Å². The average Bonchev–Trinajstić information content (AvgIpc) is 2.88. The first-order chi connectivity index (χ1) is 16.7. The van der Waals surface area contributed by atoms with Crippen LogP contribution < -0.4 is 21.0 Å². The normalized spacial score (nSPS) is 12.7. The number of hydrogen-bond acceptors (Lipinski definition) is 5. The maximum absolute atomic E-state index is 12.3. The van der Waals surface area contributed by atoms with Gasteiger partial charge in [0.05, 0.1) is 17.1 Å². The fraction of sp³-hybridized carbons (Fsp3) is 0.200. The Balaban J connectivity index is 1.44. The van der Waals surface area contributed by atoms with Gasteiger partial charge < -0.3 is 10.1 Å². The van der Waals surface area contributed by atoms with Gasteiger partial charge in [-0.3, -0.25) is 15.6 Å². The molecule has 0 atom stereocenters. The van der Waals surface area contributed by atoms with Crippen LogP contribution in [0.2, 0.25) is 0 Å². The van der Waals surface area contributed by atoms with Crippen LogP contribution in [-0.2, 0) is 17.8 Å². The molecule has 0 bridgehead atoms. The second-order valence-corrected chi connectivity index (χ2v) is 7.64. The Hall–Kier alpha value is -4.40. The summed E-state index contributed by atoms with van der Waals surface area (Å²) in [4.78, 5) is 26.3. The third-order valence-corrected chi connectivity index (χ3v) is 5.36. The van der Waals surface area contributed by atoms with E-state index < -0.39 is 6.09 Å². The van der Waals surface area contributed by atoms with E-state index >= 15 is 0 Å². The number of anilines is 3. The highest BCUT2D eigenvalue weighted by atomic mass is 16.5. The Morgan fingerprint density at radius 2 is 1.74 bits per heavy atom. The Morgan fingerprint density at radius 1 is 0.971 bits per heavy atom. The lowest BCUT2D eigenvalue weighted by atomic mass is 10.0. The first kappa shape index (κ1) is 22.8. The lowest BCUT2D eigenvalue weighted by Gasteiger charge is -2.30. The van der Waals surface area contributed by atoms with Crippen LogP contribution >= 0.6 is 0 Å². The summed E-state index contributed by atoms with van der Waals surface area (Å²) in [6.07, 6.45) is 1.19. The standard InChI is InChI=1S/C25H26N6O3/c1-26-24(32)31-16-8-12-19-11-7-15-22(23(19)31)29-30-28-21-14-6-5-13-20(21)27-25(33)34-17-18-9-3-2-4-10-18/h2-7,9-11,13-15H,8,12,16-17H2,1H3,(H,26,32)(H,27,33)(H,28,29). The molecule has 9 nitrogen and oxygen atoms in total. The second-order valence-electron chi connectivity index (χ2n) is 7.64. The van der Waals surface area contributed by atoms with Crippen LogP contribution in [0.25, 0.3) is 0 Å². The molecule has 3 N–H and O–H groups in total. The van der Waals surface area contributed by atoms with E-state index in [4.69, 9.17) is 4.74 Å². The smallest absolute Gasteiger partial charge is 0.412 e. The monoisotopic (exact) mass is 458 g/mol. The van der Waals surface area contributed by atoms with Gasteiger partial charge in [0.2, 0.25) is 0 Å². The maximum Gasteiger partial charge on any atom is 0.412 e. The van der Waals surface area contributed by atoms with Crippen LogP contribution in [0.1, 0.15) is 17.5 Å². The highest BCUT2D eigenvalue weighted by Crippen LogP contribution is 2.35. The summed E-state index contributed by atoms with van der Waals surface area (Å²) in [7, 11) is 1.61. The van der Waals surface area contributed by atoms with Gasteiger partial charge in [0, 0.05) is 13.6 Å². The predicted octanol–water partition coefficient (Wildman–Crippen LogP) is 5.64. The lowest BCUT2D eigenvalue weighted by molar-refractivity contribution is 0.155. The molecule has 3 amide bonds. The van der Waals surface area contributed by atoms with Crippen molar-refractivity contribution in [3.05, 3.63) is 83.9 Å². The van der Waals surface area contributed by atoms with E-state index in [0.29, 0.717) is 23.6 Å². The number of nitrogens with zero attached hydrogens (tertiary/aromatic N) is 3. The number of hydrogen-bond donors (Lipinski definition) is 3. The molecule has 0 saturated carbocycles. The number of carbonyl (C=O) groups excluding carboxylic acids is 2. The summed E-state index contributed by atoms with van der Waals surface area (Å²) in [5, 5.41) is 13.8. The van der Waals surface area contributed by atoms with Crippen molar-refractivity contribution in [2.75, 3.05) is 29.2 Å². The minimum absolute atomic E-state index is 0.166. The summed E-state index contributed by atoms with van der Waals surface area (Å²) in [5.74, 6) is 0. The lowest BCUT2D eigenvalue weighted by Crippen LogP contribution is -2.41. The largest absolute Gasteiger partial charge is 0.444 e. The van der Waals surface area contributed by atoms with Gasteiger partial charge in [-0.2, -0.15) is 0 Å². The molecule has 174 valence electrons. The summed E-state index contributed by atoms with van der Waals surface area (Å²) >= 11 is 0. The van der Waals surface area contributed by atoms with E-state index in [1.807, 2.05) is 48.5 Å². The van der Waals surface area contributed by atoms with Crippen LogP contribution in [0.5, 0.6) is 0 Å². The topological polar surface area (TPSA) is 107 Å². The summed E-state index contributed by atoms with van der Waals surface area (Å²) < 4.78 is 5.29. The van der Waals surface area contributed by atoms with Gasteiger partial charge in [0.1, 0.15) is 12.3 Å². The van der Waals surface area contributed by atoms with Crippen LogP contribution in [-0.4, -0.2) is 25.7 Å². The molecule has 0 aromatic heterocycles. The number of urea groups is 1. The summed E-state index contributed by atoms with van der Waals surface area (Å²) in [6.45, 7) is 0.791. The van der Waals surface area contributed by atoms with E-state index in [1.165, 1.54) is 0 Å². The van der Waals surface area contributed by atoms with E-state index in [1.54, 1.807) is 36.2 Å². The zero-order chi connectivity index (χ0) is 23.8. The molecule has 1 aliphatic rings. The van der Waals surface area contributed by atoms with Crippen molar-refractivity contribution >= 4 is 34.9 Å². The van der Waals surface area contributed by atoms with Gasteiger partial charge in [-0.15, -0.1) is 5.11 Å². The van der Waals surface area contributed by atoms with Crippen molar-refractivity contribution in [2.45, 2.75) is 19.4 Å². The minimum atomic E-state index is -0.585. The molecule has 34 heavy (non-hydrogen) atoms. The molecule has 0 radical (unpaired) electrons. The van der Waals surface area contributed by atoms with Crippen LogP contribution in [0, 0.1) is 0 Å². The molecule has 1 heterocycles. The minimum Gasteiger partial charge on any atom is -0.444 e. The molecule has 0 spiro atoms. The number of aryl methyl sites for hydroxylation is 1. The molecule has 4 rings (SSSR count). The second kappa shape index (κ2) is 11.0. The third-order valence-electron chi connectivity index (χ3n) is 5.36. The molecule has 1 aliphatic heterocycles. The molecular formula is C25H26N6O3. The van der Waals surface area contributed by atoms with E-state index in [-0.39, 0.29) is 12.6 Å². The molecule has 9 heteroatoms. The first-order valence-corrected chi connectivity index (χ1v) is 11.0. The number of carbonyl (C=O) groups is 2. The zero-order valence-electron chi connectivity index (χ0n) is 18.8. The molecule has 3 aromatic carbocycles. The van der Waals surface area contributed by atoms with Crippen molar-refractivity contribution in [3.8, 4) is 0 Å². The Bertz CT molecular complexity index is 1180. The highest BCUT2D eigenvalue weighted by molar-refractivity contribution is 5.97. The number of fused-ring (bicyclic) bond motifs is 1. The molecule has 0 fully saturated rings. The van der Waals surface area contributed by atoms with Gasteiger partial charge in [-0.1, -0.05) is 59.8 Å². The Labute approximate surface area is 197 Å². The van der Waals surface area contributed by atoms with Gasteiger partial charge in [0.15, 0.2) is 0 Å². The van der Waals surface area contributed by atoms with E-state index in [2.05, 4.69) is 26.4 Å². The van der Waals surface area contributed by atoms with E-state index in [9.17, 15) is 9.59 Å². The fourth-order valence-corrected chi connectivity index (χ4v) is 3.75. The molecule has 3 aromatic rings. The average molecular weight is 459 g/mol. The van der Waals surface area contributed by atoms with Crippen molar-refractivity contribution < 1.29 is 14.3 Å². The molecule has 0 aliphatic carbocycles. The molecular weight excluding hydrogens is 432 g/mol. The van der Waals surface area contributed by atoms with E-state index in [0.717, 1.165) is 29.7 Å². The summed E-state index contributed by atoms with van der Waals surface area (Å²) in [5.41, 5.74) is 7.31. The third kappa shape index (κ3) is 5.50. The van der Waals surface area contributed by atoms with Crippen LogP contribution in [0.15, 0.2) is 83.1 Å². The maximum atomic E-state index is 12.3. The highest BCUT2D eigenvalue weighted by Gasteiger charge is 2.24. The number of amides is 3. The van der Waals surface area contributed by atoms with Crippen molar-refractivity contribution in [1.29, 1.82) is 0 Å². The summed E-state index contributed by atoms with van der Waals surface area (Å²) in [6, 6.07) is 22.1. The number of para-hydroxylation sites is 2. The fourth-order valence-electron chi connectivity index (χ4n) is 3.75. The first-order valence-electron chi connectivity index (χ1n) is 11.0. The zero-order valence-corrected chi connectivity index (χ0v) is 18.8. The van der Waals surface area contributed by atoms with Crippen molar-refractivity contribution in [1.82, 2.24) is 5.32 Å². The number of benzene rings is 3.